The van der Waals surface area contributed by atoms with Crippen LogP contribution in [0.3, 0.4) is 0 Å². The van der Waals surface area contributed by atoms with E-state index < -0.39 is 0 Å². The summed E-state index contributed by atoms with van der Waals surface area (Å²) in [5.74, 6) is 1.15. The Hall–Kier alpha value is -0.610. The van der Waals surface area contributed by atoms with Gasteiger partial charge in [0.2, 0.25) is 5.91 Å². The number of methoxy groups -OCH3 is 1. The Balaban J connectivity index is 1.75. The fraction of sp³-hybridized carbons (Fsp3) is 0.929. The van der Waals surface area contributed by atoms with Crippen molar-refractivity contribution in [3.05, 3.63) is 0 Å². The molecule has 1 saturated carbocycles. The van der Waals surface area contributed by atoms with Crippen LogP contribution in [0.25, 0.3) is 0 Å². The molecule has 0 spiro atoms. The third kappa shape index (κ3) is 1.95. The molecular formula is C14H24N2O2. The molecular weight excluding hydrogens is 228 g/mol. The summed E-state index contributed by atoms with van der Waals surface area (Å²) in [6, 6.07) is 0.533. The maximum absolute atomic E-state index is 12.9. The first kappa shape index (κ1) is 12.4. The number of piperidine rings is 2. The van der Waals surface area contributed by atoms with Crippen molar-refractivity contribution < 1.29 is 9.53 Å². The second-order valence-electron chi connectivity index (χ2n) is 6.25. The van der Waals surface area contributed by atoms with Gasteiger partial charge >= 0.3 is 0 Å². The minimum Gasteiger partial charge on any atom is -0.384 e. The number of hydrogen-bond acceptors (Lipinski definition) is 3. The fourth-order valence-corrected chi connectivity index (χ4v) is 4.08. The molecule has 2 aliphatic heterocycles. The lowest BCUT2D eigenvalue weighted by Crippen LogP contribution is -2.53. The van der Waals surface area contributed by atoms with Gasteiger partial charge < -0.3 is 15.0 Å². The van der Waals surface area contributed by atoms with Crippen molar-refractivity contribution in [3.63, 3.8) is 0 Å². The first-order chi connectivity index (χ1) is 8.75. The molecule has 1 N–H and O–H groups in total. The van der Waals surface area contributed by atoms with E-state index >= 15 is 0 Å². The molecule has 2 saturated heterocycles. The largest absolute Gasteiger partial charge is 0.384 e. The van der Waals surface area contributed by atoms with Gasteiger partial charge in [0.15, 0.2) is 0 Å². The lowest BCUT2D eigenvalue weighted by molar-refractivity contribution is -0.149. The Labute approximate surface area is 109 Å². The number of likely N-dealkylation sites (tertiary alicyclic amines) is 1. The summed E-state index contributed by atoms with van der Waals surface area (Å²) in [5, 5.41) is 3.35. The van der Waals surface area contributed by atoms with Crippen molar-refractivity contribution in [2.75, 3.05) is 33.4 Å². The van der Waals surface area contributed by atoms with Crippen LogP contribution in [0.1, 0.15) is 32.1 Å². The van der Waals surface area contributed by atoms with Crippen LogP contribution in [0.5, 0.6) is 0 Å². The Bertz CT molecular complexity index is 320. The van der Waals surface area contributed by atoms with Gasteiger partial charge in [-0.1, -0.05) is 0 Å². The molecule has 4 heteroatoms. The minimum atomic E-state index is -0.246. The molecule has 3 fully saturated rings. The van der Waals surface area contributed by atoms with Crippen molar-refractivity contribution in [1.29, 1.82) is 0 Å². The molecule has 2 unspecified atom stereocenters. The first-order valence-electron chi connectivity index (χ1n) is 7.26. The third-order valence-electron chi connectivity index (χ3n) is 5.11. The highest BCUT2D eigenvalue weighted by atomic mass is 16.5. The summed E-state index contributed by atoms with van der Waals surface area (Å²) in [7, 11) is 1.72. The molecule has 0 aromatic carbocycles. The normalized spacial score (nSPS) is 33.9. The van der Waals surface area contributed by atoms with Crippen LogP contribution in [-0.2, 0) is 9.53 Å². The van der Waals surface area contributed by atoms with Crippen LogP contribution in [-0.4, -0.2) is 50.2 Å². The van der Waals surface area contributed by atoms with Crippen molar-refractivity contribution in [2.24, 2.45) is 11.3 Å². The standard InChI is InChI=1S/C14H24N2O2/c1-18-10-14(4-6-15-7-5-14)13(17)16-9-11-2-3-12(16)8-11/h11-12,15H,2-10H2,1H3. The number of nitrogens with zero attached hydrogens (tertiary/aromatic N) is 1. The van der Waals surface area contributed by atoms with E-state index in [-0.39, 0.29) is 5.41 Å². The van der Waals surface area contributed by atoms with Gasteiger partial charge in [0.25, 0.3) is 0 Å². The Morgan fingerprint density at radius 2 is 2.17 bits per heavy atom. The average molecular weight is 252 g/mol. The van der Waals surface area contributed by atoms with Gasteiger partial charge in [0.1, 0.15) is 0 Å². The third-order valence-corrected chi connectivity index (χ3v) is 5.11. The molecule has 2 heterocycles. The van der Waals surface area contributed by atoms with Crippen LogP contribution < -0.4 is 5.32 Å². The van der Waals surface area contributed by atoms with E-state index in [1.807, 2.05) is 0 Å². The number of hydrogen-bond donors (Lipinski definition) is 1. The second kappa shape index (κ2) is 4.82. The Kier molecular flexibility index (Phi) is 3.32. The number of carbonyl (C=O) groups is 1. The molecule has 0 radical (unpaired) electrons. The maximum atomic E-state index is 12.9. The SMILES string of the molecule is COCC1(C(=O)N2CC3CCC2C3)CCNCC1. The van der Waals surface area contributed by atoms with Gasteiger partial charge in [0.05, 0.1) is 12.0 Å². The average Bonchev–Trinajstić information content (AvgIpc) is 3.01. The van der Waals surface area contributed by atoms with E-state index in [4.69, 9.17) is 4.74 Å². The van der Waals surface area contributed by atoms with E-state index in [0.29, 0.717) is 18.6 Å². The predicted molar refractivity (Wildman–Crippen MR) is 69.3 cm³/mol. The van der Waals surface area contributed by atoms with Crippen molar-refractivity contribution in [1.82, 2.24) is 10.2 Å². The number of rotatable bonds is 3. The first-order valence-corrected chi connectivity index (χ1v) is 7.26. The smallest absolute Gasteiger partial charge is 0.231 e. The second-order valence-corrected chi connectivity index (χ2v) is 6.25. The van der Waals surface area contributed by atoms with E-state index in [1.165, 1.54) is 19.3 Å². The summed E-state index contributed by atoms with van der Waals surface area (Å²) in [5.41, 5.74) is -0.246. The molecule has 102 valence electrons. The molecule has 3 aliphatic rings. The van der Waals surface area contributed by atoms with Crippen LogP contribution in [0, 0.1) is 11.3 Å². The van der Waals surface area contributed by atoms with E-state index in [9.17, 15) is 4.79 Å². The zero-order valence-corrected chi connectivity index (χ0v) is 11.3. The lowest BCUT2D eigenvalue weighted by Gasteiger charge is -2.41. The summed E-state index contributed by atoms with van der Waals surface area (Å²) in [4.78, 5) is 15.1. The molecule has 1 aliphatic carbocycles. The summed E-state index contributed by atoms with van der Waals surface area (Å²) in [6.45, 7) is 3.47. The van der Waals surface area contributed by atoms with Crippen LogP contribution >= 0.6 is 0 Å². The number of carbonyl (C=O) groups excluding carboxylic acids is 1. The van der Waals surface area contributed by atoms with E-state index in [0.717, 1.165) is 38.4 Å². The Morgan fingerprint density at radius 3 is 2.72 bits per heavy atom. The molecule has 2 bridgehead atoms. The minimum absolute atomic E-state index is 0.246. The zero-order chi connectivity index (χ0) is 12.6. The summed E-state index contributed by atoms with van der Waals surface area (Å²) < 4.78 is 5.37. The van der Waals surface area contributed by atoms with Crippen LogP contribution in [0.4, 0.5) is 0 Å². The van der Waals surface area contributed by atoms with Gasteiger partial charge in [-0.25, -0.2) is 0 Å². The molecule has 1 amide bonds. The zero-order valence-electron chi connectivity index (χ0n) is 11.3. The van der Waals surface area contributed by atoms with E-state index in [1.54, 1.807) is 7.11 Å². The molecule has 4 nitrogen and oxygen atoms in total. The van der Waals surface area contributed by atoms with Crippen molar-refractivity contribution >= 4 is 5.91 Å². The molecule has 2 atom stereocenters. The van der Waals surface area contributed by atoms with Crippen LogP contribution in [0.15, 0.2) is 0 Å². The highest BCUT2D eigenvalue weighted by Gasteiger charge is 2.48. The van der Waals surface area contributed by atoms with Crippen LogP contribution in [0.2, 0.25) is 0 Å². The fourth-order valence-electron chi connectivity index (χ4n) is 4.08. The van der Waals surface area contributed by atoms with Gasteiger partial charge in [-0.2, -0.15) is 0 Å². The number of nitrogens with one attached hydrogen (secondary N) is 1. The number of amides is 1. The maximum Gasteiger partial charge on any atom is 0.231 e. The topological polar surface area (TPSA) is 41.6 Å². The summed E-state index contributed by atoms with van der Waals surface area (Å²) in [6.07, 6.45) is 5.64. The summed E-state index contributed by atoms with van der Waals surface area (Å²) >= 11 is 0. The molecule has 0 aromatic rings. The highest BCUT2D eigenvalue weighted by Crippen LogP contribution is 2.41. The van der Waals surface area contributed by atoms with Crippen molar-refractivity contribution in [3.8, 4) is 0 Å². The molecule has 3 rings (SSSR count). The van der Waals surface area contributed by atoms with Crippen molar-refractivity contribution in [2.45, 2.75) is 38.1 Å². The van der Waals surface area contributed by atoms with Gasteiger partial charge in [-0.15, -0.1) is 0 Å². The van der Waals surface area contributed by atoms with Gasteiger partial charge in [-0.3, -0.25) is 4.79 Å². The molecule has 18 heavy (non-hydrogen) atoms. The molecule has 0 aromatic heterocycles. The van der Waals surface area contributed by atoms with E-state index in [2.05, 4.69) is 10.2 Å². The van der Waals surface area contributed by atoms with Gasteiger partial charge in [0, 0.05) is 19.7 Å². The monoisotopic (exact) mass is 252 g/mol. The quantitative estimate of drug-likeness (QED) is 0.815. The number of ether oxygens (including phenoxy) is 1. The van der Waals surface area contributed by atoms with Gasteiger partial charge in [-0.05, 0) is 51.1 Å². The predicted octanol–water partition coefficient (Wildman–Crippen LogP) is 1.01. The Morgan fingerprint density at radius 1 is 1.39 bits per heavy atom. The lowest BCUT2D eigenvalue weighted by atomic mass is 9.78. The number of fused-ring (bicyclic) bond motifs is 2. The highest BCUT2D eigenvalue weighted by molar-refractivity contribution is 5.84.